The van der Waals surface area contributed by atoms with Gasteiger partial charge < -0.3 is 14.8 Å². The highest BCUT2D eigenvalue weighted by Crippen LogP contribution is 2.39. The average molecular weight is 396 g/mol. The molecule has 4 rings (SSSR count). The second-order valence-corrected chi connectivity index (χ2v) is 7.96. The third kappa shape index (κ3) is 3.68. The van der Waals surface area contributed by atoms with E-state index in [2.05, 4.69) is 29.1 Å². The van der Waals surface area contributed by atoms with Crippen molar-refractivity contribution in [2.75, 3.05) is 50.0 Å². The van der Waals surface area contributed by atoms with Gasteiger partial charge in [0.15, 0.2) is 0 Å². The zero-order valence-electron chi connectivity index (χ0n) is 17.4. The van der Waals surface area contributed by atoms with Gasteiger partial charge in [0.25, 0.3) is 5.91 Å². The highest BCUT2D eigenvalue weighted by Gasteiger charge is 2.33. The lowest BCUT2D eigenvalue weighted by atomic mass is 10.2. The molecule has 1 saturated heterocycles. The highest BCUT2D eigenvalue weighted by atomic mass is 16.2. The Hall–Kier alpha value is -2.64. The molecule has 0 saturated carbocycles. The van der Waals surface area contributed by atoms with Crippen LogP contribution in [0, 0.1) is 0 Å². The van der Waals surface area contributed by atoms with Crippen molar-refractivity contribution in [1.29, 1.82) is 0 Å². The number of aryl methyl sites for hydroxylation is 1. The number of aromatic nitrogens is 1. The van der Waals surface area contributed by atoms with Crippen LogP contribution < -0.4 is 10.2 Å². The van der Waals surface area contributed by atoms with Crippen LogP contribution >= 0.6 is 0 Å². The number of para-hydroxylation sites is 2. The largest absolute Gasteiger partial charge is 0.342 e. The minimum Gasteiger partial charge on any atom is -0.342 e. The van der Waals surface area contributed by atoms with E-state index in [0.29, 0.717) is 23.6 Å². The van der Waals surface area contributed by atoms with Gasteiger partial charge in [-0.15, -0.1) is 0 Å². The summed E-state index contributed by atoms with van der Waals surface area (Å²) in [6.07, 6.45) is 1.84. The maximum absolute atomic E-state index is 13.5. The lowest BCUT2D eigenvalue weighted by molar-refractivity contribution is -0.119. The van der Waals surface area contributed by atoms with Gasteiger partial charge in [0.2, 0.25) is 5.91 Å². The molecular weight excluding hydrogens is 366 g/mol. The molecule has 3 heterocycles. The minimum atomic E-state index is -0.174. The first-order chi connectivity index (χ1) is 14.0. The number of benzene rings is 1. The number of anilines is 3. The zero-order chi connectivity index (χ0) is 20.5. The molecule has 1 N–H and O–H groups in total. The van der Waals surface area contributed by atoms with Crippen molar-refractivity contribution in [3.63, 3.8) is 0 Å². The molecule has 0 atom stereocenters. The first kappa shape index (κ1) is 19.7. The van der Waals surface area contributed by atoms with Crippen LogP contribution in [0.2, 0.25) is 0 Å². The van der Waals surface area contributed by atoms with Gasteiger partial charge in [0.1, 0.15) is 5.69 Å². The normalized spacial score (nSPS) is 17.5. The lowest BCUT2D eigenvalue weighted by Crippen LogP contribution is -2.48. The Morgan fingerprint density at radius 2 is 1.79 bits per heavy atom. The third-order valence-electron chi connectivity index (χ3n) is 5.87. The number of carbonyl (C=O) groups is 2. The summed E-state index contributed by atoms with van der Waals surface area (Å²) >= 11 is 0. The maximum Gasteiger partial charge on any atom is 0.274 e. The van der Waals surface area contributed by atoms with Crippen LogP contribution in [-0.4, -0.2) is 66.0 Å². The molecule has 2 aromatic rings. The van der Waals surface area contributed by atoms with E-state index in [9.17, 15) is 9.59 Å². The van der Waals surface area contributed by atoms with Gasteiger partial charge in [-0.1, -0.05) is 25.5 Å². The van der Waals surface area contributed by atoms with Crippen LogP contribution in [0.4, 0.5) is 17.1 Å². The number of nitrogens with zero attached hydrogens (tertiary/aromatic N) is 4. The van der Waals surface area contributed by atoms with Gasteiger partial charge >= 0.3 is 0 Å². The number of fused-ring (bicyclic) bond motifs is 2. The number of piperazine rings is 1. The summed E-state index contributed by atoms with van der Waals surface area (Å²) < 4.78 is 1.93. The van der Waals surface area contributed by atoms with E-state index in [4.69, 9.17) is 0 Å². The molecule has 0 unspecified atom stereocenters. The molecular formula is C22H29N5O2. The molecule has 7 nitrogen and oxygen atoms in total. The summed E-state index contributed by atoms with van der Waals surface area (Å²) in [6, 6.07) is 9.53. The lowest BCUT2D eigenvalue weighted by Gasteiger charge is -2.33. The Labute approximate surface area is 171 Å². The van der Waals surface area contributed by atoms with Crippen molar-refractivity contribution in [3.8, 4) is 0 Å². The van der Waals surface area contributed by atoms with Gasteiger partial charge in [-0.3, -0.25) is 19.4 Å². The van der Waals surface area contributed by atoms with Crippen LogP contribution in [0.5, 0.6) is 0 Å². The van der Waals surface area contributed by atoms with Gasteiger partial charge in [-0.2, -0.15) is 0 Å². The van der Waals surface area contributed by atoms with E-state index < -0.39 is 0 Å². The zero-order valence-corrected chi connectivity index (χ0v) is 17.4. The predicted octanol–water partition coefficient (Wildman–Crippen LogP) is 2.46. The summed E-state index contributed by atoms with van der Waals surface area (Å²) in [5.74, 6) is -0.180. The Bertz CT molecular complexity index is 927. The molecule has 154 valence electrons. The van der Waals surface area contributed by atoms with Crippen molar-refractivity contribution >= 4 is 28.9 Å². The molecule has 0 radical (unpaired) electrons. The minimum absolute atomic E-state index is 0.00611. The van der Waals surface area contributed by atoms with Crippen LogP contribution in [-0.2, 0) is 18.3 Å². The van der Waals surface area contributed by atoms with Crippen molar-refractivity contribution in [2.24, 2.45) is 7.05 Å². The fourth-order valence-corrected chi connectivity index (χ4v) is 4.20. The first-order valence-electron chi connectivity index (χ1n) is 10.3. The van der Waals surface area contributed by atoms with E-state index in [1.54, 1.807) is 4.90 Å². The topological polar surface area (TPSA) is 60.8 Å². The molecule has 2 amide bonds. The van der Waals surface area contributed by atoms with Crippen LogP contribution in [0.25, 0.3) is 0 Å². The molecule has 1 aromatic heterocycles. The number of amides is 2. The Balaban J connectivity index is 1.75. The third-order valence-corrected chi connectivity index (χ3v) is 5.87. The van der Waals surface area contributed by atoms with Crippen molar-refractivity contribution < 1.29 is 9.59 Å². The standard InChI is InChI=1S/C22H29N5O2/c1-4-7-16-14-19-21(25(16)3)22(29)23-17-8-5-6-9-18(17)27(19)20(28)15-26-12-10-24(2)11-13-26/h5-6,8-9,14H,4,7,10-13,15H2,1-3H3,(H,23,29). The Kier molecular flexibility index (Phi) is 5.43. The molecule has 2 aliphatic heterocycles. The van der Waals surface area contributed by atoms with Crippen molar-refractivity contribution in [1.82, 2.24) is 14.4 Å². The van der Waals surface area contributed by atoms with Gasteiger partial charge in [-0.05, 0) is 31.7 Å². The fourth-order valence-electron chi connectivity index (χ4n) is 4.20. The number of nitrogens with one attached hydrogen (secondary N) is 1. The van der Waals surface area contributed by atoms with E-state index in [0.717, 1.165) is 50.4 Å². The van der Waals surface area contributed by atoms with Crippen LogP contribution in [0.15, 0.2) is 30.3 Å². The molecule has 0 spiro atoms. The highest BCUT2D eigenvalue weighted by molar-refractivity contribution is 6.17. The number of likely N-dealkylation sites (N-methyl/N-ethyl adjacent to an activating group) is 1. The average Bonchev–Trinajstić information content (AvgIpc) is 2.94. The van der Waals surface area contributed by atoms with Crippen LogP contribution in [0.3, 0.4) is 0 Å². The molecule has 1 fully saturated rings. The number of hydrogen-bond donors (Lipinski definition) is 1. The summed E-state index contributed by atoms with van der Waals surface area (Å²) in [5.41, 5.74) is 3.67. The monoisotopic (exact) mass is 395 g/mol. The van der Waals surface area contributed by atoms with Gasteiger partial charge in [-0.25, -0.2) is 0 Å². The van der Waals surface area contributed by atoms with E-state index in [1.165, 1.54) is 0 Å². The fraction of sp³-hybridized carbons (Fsp3) is 0.455. The molecule has 0 aliphatic carbocycles. The smallest absolute Gasteiger partial charge is 0.274 e. The van der Waals surface area contributed by atoms with Crippen LogP contribution in [0.1, 0.15) is 29.5 Å². The second kappa shape index (κ2) is 8.00. The summed E-state index contributed by atoms with van der Waals surface area (Å²) in [5, 5.41) is 3.00. The number of rotatable bonds is 4. The maximum atomic E-state index is 13.5. The summed E-state index contributed by atoms with van der Waals surface area (Å²) in [6.45, 7) is 6.12. The Morgan fingerprint density at radius 1 is 1.07 bits per heavy atom. The molecule has 2 aliphatic rings. The molecule has 0 bridgehead atoms. The van der Waals surface area contributed by atoms with Crippen molar-refractivity contribution in [2.45, 2.75) is 19.8 Å². The number of hydrogen-bond acceptors (Lipinski definition) is 4. The predicted molar refractivity (Wildman–Crippen MR) is 115 cm³/mol. The number of carbonyl (C=O) groups excluding carboxylic acids is 2. The van der Waals surface area contributed by atoms with Gasteiger partial charge in [0, 0.05) is 38.9 Å². The summed E-state index contributed by atoms with van der Waals surface area (Å²) in [7, 11) is 4.01. The van der Waals surface area contributed by atoms with E-state index >= 15 is 0 Å². The SMILES string of the molecule is CCCc1cc2c(n1C)C(=O)Nc1ccccc1N2C(=O)CN1CCN(C)CC1. The van der Waals surface area contributed by atoms with E-state index in [-0.39, 0.29) is 11.8 Å². The Morgan fingerprint density at radius 3 is 2.52 bits per heavy atom. The molecule has 7 heteroatoms. The molecule has 1 aromatic carbocycles. The summed E-state index contributed by atoms with van der Waals surface area (Å²) in [4.78, 5) is 32.8. The van der Waals surface area contributed by atoms with Crippen molar-refractivity contribution in [3.05, 3.63) is 41.7 Å². The first-order valence-corrected chi connectivity index (χ1v) is 10.3. The quantitative estimate of drug-likeness (QED) is 0.864. The molecule has 29 heavy (non-hydrogen) atoms. The van der Waals surface area contributed by atoms with Gasteiger partial charge in [0.05, 0.1) is 23.6 Å². The second-order valence-electron chi connectivity index (χ2n) is 7.96. The van der Waals surface area contributed by atoms with E-state index in [1.807, 2.05) is 41.9 Å².